The third-order valence-electron chi connectivity index (χ3n) is 3.68. The first-order valence-electron chi connectivity index (χ1n) is 7.32. The molecule has 0 spiro atoms. The first kappa shape index (κ1) is 15.4. The summed E-state index contributed by atoms with van der Waals surface area (Å²) >= 11 is 1.37. The Bertz CT molecular complexity index is 870. The van der Waals surface area contributed by atoms with Gasteiger partial charge in [-0.15, -0.1) is 10.2 Å². The molecule has 0 unspecified atom stereocenters. The molecule has 0 aliphatic carbocycles. The number of anilines is 1. The van der Waals surface area contributed by atoms with Crippen LogP contribution < -0.4 is 5.32 Å². The SMILES string of the molecule is Cc1cccc(-c2nnc(NC(=O)c3ccc(C)c(C)c3)s2)c1. The van der Waals surface area contributed by atoms with Crippen molar-refractivity contribution in [2.24, 2.45) is 0 Å². The highest BCUT2D eigenvalue weighted by Crippen LogP contribution is 2.27. The lowest BCUT2D eigenvalue weighted by atomic mass is 10.1. The molecular weight excluding hydrogens is 306 g/mol. The van der Waals surface area contributed by atoms with Gasteiger partial charge in [0.15, 0.2) is 0 Å². The number of hydrogen-bond donors (Lipinski definition) is 1. The van der Waals surface area contributed by atoms with Gasteiger partial charge in [0, 0.05) is 11.1 Å². The van der Waals surface area contributed by atoms with E-state index in [-0.39, 0.29) is 5.91 Å². The van der Waals surface area contributed by atoms with Crippen LogP contribution in [0.5, 0.6) is 0 Å². The fourth-order valence-corrected chi connectivity index (χ4v) is 2.96. The van der Waals surface area contributed by atoms with E-state index in [1.807, 2.05) is 57.2 Å². The van der Waals surface area contributed by atoms with Gasteiger partial charge in [0.2, 0.25) is 5.13 Å². The Hall–Kier alpha value is -2.53. The third kappa shape index (κ3) is 3.46. The molecule has 23 heavy (non-hydrogen) atoms. The second kappa shape index (κ2) is 6.30. The van der Waals surface area contributed by atoms with Gasteiger partial charge in [-0.2, -0.15) is 0 Å². The molecule has 0 fully saturated rings. The average molecular weight is 323 g/mol. The summed E-state index contributed by atoms with van der Waals surface area (Å²) in [6.45, 7) is 6.05. The van der Waals surface area contributed by atoms with Gasteiger partial charge in [0.25, 0.3) is 5.91 Å². The van der Waals surface area contributed by atoms with Crippen molar-refractivity contribution in [3.63, 3.8) is 0 Å². The summed E-state index contributed by atoms with van der Waals surface area (Å²) in [4.78, 5) is 12.3. The number of benzene rings is 2. The van der Waals surface area contributed by atoms with Crippen molar-refractivity contribution in [1.29, 1.82) is 0 Å². The summed E-state index contributed by atoms with van der Waals surface area (Å²) in [5.74, 6) is -0.167. The lowest BCUT2D eigenvalue weighted by molar-refractivity contribution is 0.102. The van der Waals surface area contributed by atoms with E-state index in [1.54, 1.807) is 0 Å². The number of nitrogens with one attached hydrogen (secondary N) is 1. The molecule has 3 aromatic rings. The fourth-order valence-electron chi connectivity index (χ4n) is 2.22. The number of carbonyl (C=O) groups is 1. The second-order valence-corrected chi connectivity index (χ2v) is 6.51. The van der Waals surface area contributed by atoms with E-state index in [0.29, 0.717) is 10.7 Å². The Morgan fingerprint density at radius 2 is 1.83 bits per heavy atom. The van der Waals surface area contributed by atoms with Crippen LogP contribution in [0, 0.1) is 20.8 Å². The summed E-state index contributed by atoms with van der Waals surface area (Å²) in [6, 6.07) is 13.7. The molecule has 1 heterocycles. The molecular formula is C18H17N3OS. The molecule has 1 N–H and O–H groups in total. The highest BCUT2D eigenvalue weighted by molar-refractivity contribution is 7.18. The Labute approximate surface area is 139 Å². The van der Waals surface area contributed by atoms with Gasteiger partial charge in [-0.1, -0.05) is 41.2 Å². The highest BCUT2D eigenvalue weighted by atomic mass is 32.1. The number of amides is 1. The van der Waals surface area contributed by atoms with Crippen molar-refractivity contribution in [3.8, 4) is 10.6 Å². The molecule has 116 valence electrons. The summed E-state index contributed by atoms with van der Waals surface area (Å²) in [7, 11) is 0. The van der Waals surface area contributed by atoms with Crippen molar-refractivity contribution in [2.45, 2.75) is 20.8 Å². The topological polar surface area (TPSA) is 54.9 Å². The van der Waals surface area contributed by atoms with E-state index in [4.69, 9.17) is 0 Å². The van der Waals surface area contributed by atoms with Crippen LogP contribution in [0.15, 0.2) is 42.5 Å². The van der Waals surface area contributed by atoms with Crippen molar-refractivity contribution in [3.05, 3.63) is 64.7 Å². The van der Waals surface area contributed by atoms with Crippen LogP contribution in [-0.4, -0.2) is 16.1 Å². The zero-order valence-electron chi connectivity index (χ0n) is 13.3. The summed E-state index contributed by atoms with van der Waals surface area (Å²) in [6.07, 6.45) is 0. The number of aryl methyl sites for hydroxylation is 3. The van der Waals surface area contributed by atoms with E-state index < -0.39 is 0 Å². The Morgan fingerprint density at radius 1 is 1.00 bits per heavy atom. The van der Waals surface area contributed by atoms with E-state index in [2.05, 4.69) is 21.6 Å². The van der Waals surface area contributed by atoms with Crippen LogP contribution in [0.3, 0.4) is 0 Å². The minimum Gasteiger partial charge on any atom is -0.296 e. The maximum absolute atomic E-state index is 12.3. The van der Waals surface area contributed by atoms with Gasteiger partial charge in [0.1, 0.15) is 5.01 Å². The maximum Gasteiger partial charge on any atom is 0.257 e. The average Bonchev–Trinajstić information content (AvgIpc) is 2.98. The van der Waals surface area contributed by atoms with Gasteiger partial charge in [-0.3, -0.25) is 10.1 Å². The zero-order valence-corrected chi connectivity index (χ0v) is 14.1. The molecule has 0 saturated heterocycles. The number of rotatable bonds is 3. The molecule has 0 radical (unpaired) electrons. The summed E-state index contributed by atoms with van der Waals surface area (Å²) < 4.78 is 0. The van der Waals surface area contributed by atoms with Crippen molar-refractivity contribution in [2.75, 3.05) is 5.32 Å². The van der Waals surface area contributed by atoms with Crippen LogP contribution >= 0.6 is 11.3 Å². The smallest absolute Gasteiger partial charge is 0.257 e. The summed E-state index contributed by atoms with van der Waals surface area (Å²) in [5.41, 5.74) is 5.06. The molecule has 0 saturated carbocycles. The number of nitrogens with zero attached hydrogens (tertiary/aromatic N) is 2. The lowest BCUT2D eigenvalue weighted by Crippen LogP contribution is -2.12. The van der Waals surface area contributed by atoms with Gasteiger partial charge >= 0.3 is 0 Å². The largest absolute Gasteiger partial charge is 0.296 e. The Balaban J connectivity index is 1.78. The molecule has 3 rings (SSSR count). The van der Waals surface area contributed by atoms with Crippen molar-refractivity contribution >= 4 is 22.4 Å². The Kier molecular flexibility index (Phi) is 4.21. The van der Waals surface area contributed by atoms with Crippen molar-refractivity contribution < 1.29 is 4.79 Å². The molecule has 1 amide bonds. The molecule has 2 aromatic carbocycles. The third-order valence-corrected chi connectivity index (χ3v) is 4.57. The molecule has 0 atom stereocenters. The first-order chi connectivity index (χ1) is 11.0. The maximum atomic E-state index is 12.3. The fraction of sp³-hybridized carbons (Fsp3) is 0.167. The number of hydrogen-bond acceptors (Lipinski definition) is 4. The highest BCUT2D eigenvalue weighted by Gasteiger charge is 2.12. The minimum absolute atomic E-state index is 0.167. The normalized spacial score (nSPS) is 10.6. The number of aromatic nitrogens is 2. The van der Waals surface area contributed by atoms with Crippen LogP contribution in [0.25, 0.3) is 10.6 Å². The predicted molar refractivity (Wildman–Crippen MR) is 94.0 cm³/mol. The van der Waals surface area contributed by atoms with Gasteiger partial charge in [-0.05, 0) is 50.1 Å². The lowest BCUT2D eigenvalue weighted by Gasteiger charge is -2.04. The molecule has 0 aliphatic heterocycles. The van der Waals surface area contributed by atoms with Crippen LogP contribution in [0.1, 0.15) is 27.0 Å². The molecule has 5 heteroatoms. The second-order valence-electron chi connectivity index (χ2n) is 5.54. The van der Waals surface area contributed by atoms with E-state index in [1.165, 1.54) is 22.5 Å². The van der Waals surface area contributed by atoms with Crippen LogP contribution in [-0.2, 0) is 0 Å². The van der Waals surface area contributed by atoms with Crippen molar-refractivity contribution in [1.82, 2.24) is 10.2 Å². The quantitative estimate of drug-likeness (QED) is 0.778. The van der Waals surface area contributed by atoms with Gasteiger partial charge < -0.3 is 0 Å². The minimum atomic E-state index is -0.167. The first-order valence-corrected chi connectivity index (χ1v) is 8.14. The monoisotopic (exact) mass is 323 g/mol. The molecule has 4 nitrogen and oxygen atoms in total. The van der Waals surface area contributed by atoms with E-state index in [0.717, 1.165) is 16.1 Å². The summed E-state index contributed by atoms with van der Waals surface area (Å²) in [5, 5.41) is 12.3. The van der Waals surface area contributed by atoms with Gasteiger partial charge in [0.05, 0.1) is 0 Å². The predicted octanol–water partition coefficient (Wildman–Crippen LogP) is 4.38. The zero-order chi connectivity index (χ0) is 16.4. The molecule has 0 bridgehead atoms. The molecule has 1 aromatic heterocycles. The van der Waals surface area contributed by atoms with Crippen LogP contribution in [0.2, 0.25) is 0 Å². The Morgan fingerprint density at radius 3 is 2.57 bits per heavy atom. The van der Waals surface area contributed by atoms with Gasteiger partial charge in [-0.25, -0.2) is 0 Å². The molecule has 0 aliphatic rings. The van der Waals surface area contributed by atoms with E-state index in [9.17, 15) is 4.79 Å². The standard InChI is InChI=1S/C18H17N3OS/c1-11-5-4-6-15(9-11)17-20-21-18(23-17)19-16(22)14-8-7-12(2)13(3)10-14/h4-10H,1-3H3,(H,19,21,22). The number of carbonyl (C=O) groups excluding carboxylic acids is 1. The van der Waals surface area contributed by atoms with E-state index >= 15 is 0 Å². The van der Waals surface area contributed by atoms with Crippen LogP contribution in [0.4, 0.5) is 5.13 Å².